The Morgan fingerprint density at radius 1 is 1.35 bits per heavy atom. The molecule has 0 aromatic heterocycles. The van der Waals surface area contributed by atoms with Crippen molar-refractivity contribution in [1.82, 2.24) is 10.6 Å². The van der Waals surface area contributed by atoms with Gasteiger partial charge >= 0.3 is 12.0 Å². The van der Waals surface area contributed by atoms with Gasteiger partial charge in [0.05, 0.1) is 0 Å². The fraction of sp³-hybridized carbons (Fsp3) is 0.733. The van der Waals surface area contributed by atoms with Crippen LogP contribution in [0, 0.1) is 5.92 Å². The Morgan fingerprint density at radius 2 is 2.15 bits per heavy atom. The van der Waals surface area contributed by atoms with Gasteiger partial charge in [-0.1, -0.05) is 25.0 Å². The molecule has 0 spiro atoms. The van der Waals surface area contributed by atoms with Gasteiger partial charge in [0, 0.05) is 19.5 Å². The minimum absolute atomic E-state index is 0.000646. The number of hydrogen-bond acceptors (Lipinski definition) is 2. The number of carboxylic acids is 1. The van der Waals surface area contributed by atoms with Crippen molar-refractivity contribution < 1.29 is 14.7 Å². The second kappa shape index (κ2) is 9.39. The topological polar surface area (TPSA) is 78.4 Å². The maximum atomic E-state index is 11.6. The third-order valence-corrected chi connectivity index (χ3v) is 3.71. The van der Waals surface area contributed by atoms with E-state index in [4.69, 9.17) is 5.11 Å². The summed E-state index contributed by atoms with van der Waals surface area (Å²) in [5.74, 6) is -0.817. The highest BCUT2D eigenvalue weighted by atomic mass is 16.4. The number of urea groups is 1. The summed E-state index contributed by atoms with van der Waals surface area (Å²) in [7, 11) is 0. The van der Waals surface area contributed by atoms with Crippen LogP contribution in [0.2, 0.25) is 0 Å². The van der Waals surface area contributed by atoms with E-state index in [1.54, 1.807) is 0 Å². The Balaban J connectivity index is 2.13. The van der Waals surface area contributed by atoms with Crippen molar-refractivity contribution in [2.75, 3.05) is 13.1 Å². The predicted molar refractivity (Wildman–Crippen MR) is 78.6 cm³/mol. The van der Waals surface area contributed by atoms with Gasteiger partial charge in [-0.15, -0.1) is 0 Å². The van der Waals surface area contributed by atoms with E-state index in [9.17, 15) is 9.59 Å². The Kier molecular flexibility index (Phi) is 7.77. The molecular formula is C15H26N2O3. The molecule has 1 aliphatic carbocycles. The second-order valence-corrected chi connectivity index (χ2v) is 5.37. The zero-order valence-corrected chi connectivity index (χ0v) is 12.3. The summed E-state index contributed by atoms with van der Waals surface area (Å²) in [6.45, 7) is 2.99. The van der Waals surface area contributed by atoms with Crippen molar-refractivity contribution >= 4 is 12.0 Å². The van der Waals surface area contributed by atoms with E-state index in [1.807, 2.05) is 6.92 Å². The molecular weight excluding hydrogens is 256 g/mol. The normalized spacial score (nSPS) is 16.1. The molecule has 114 valence electrons. The maximum Gasteiger partial charge on any atom is 0.314 e. The minimum atomic E-state index is -0.816. The molecule has 0 saturated heterocycles. The number of nitrogens with one attached hydrogen (secondary N) is 2. The highest BCUT2D eigenvalue weighted by Gasteiger charge is 2.12. The summed E-state index contributed by atoms with van der Waals surface area (Å²) in [5, 5.41) is 14.3. The van der Waals surface area contributed by atoms with E-state index in [2.05, 4.69) is 16.7 Å². The fourth-order valence-corrected chi connectivity index (χ4v) is 2.38. The summed E-state index contributed by atoms with van der Waals surface area (Å²) >= 11 is 0. The first-order chi connectivity index (χ1) is 9.61. The molecule has 3 N–H and O–H groups in total. The van der Waals surface area contributed by atoms with Crippen LogP contribution in [-0.2, 0) is 4.79 Å². The molecule has 2 amide bonds. The summed E-state index contributed by atoms with van der Waals surface area (Å²) in [4.78, 5) is 22.2. The molecule has 0 radical (unpaired) electrons. The van der Waals surface area contributed by atoms with E-state index in [1.165, 1.54) is 18.4 Å². The monoisotopic (exact) mass is 282 g/mol. The number of hydrogen-bond donors (Lipinski definition) is 3. The average molecular weight is 282 g/mol. The number of carboxylic acid groups (broad SMARTS) is 1. The minimum Gasteiger partial charge on any atom is -0.481 e. The first kappa shape index (κ1) is 16.5. The van der Waals surface area contributed by atoms with Crippen LogP contribution in [0.1, 0.15) is 51.9 Å². The standard InChI is InChI=1S/C15H26N2O3/c1-2-12(10-14(18)19)11-17-15(20)16-9-8-13-6-4-3-5-7-13/h6,12H,2-5,7-11H2,1H3,(H,18,19)(H2,16,17,20). The number of carbonyl (C=O) groups excluding carboxylic acids is 1. The molecule has 0 saturated carbocycles. The van der Waals surface area contributed by atoms with Crippen molar-refractivity contribution in [2.24, 2.45) is 5.92 Å². The lowest BCUT2D eigenvalue weighted by molar-refractivity contribution is -0.138. The first-order valence-corrected chi connectivity index (χ1v) is 7.53. The van der Waals surface area contributed by atoms with E-state index in [-0.39, 0.29) is 18.4 Å². The number of allylic oxidation sites excluding steroid dienone is 1. The van der Waals surface area contributed by atoms with Crippen LogP contribution >= 0.6 is 0 Å². The molecule has 0 aliphatic heterocycles. The molecule has 5 nitrogen and oxygen atoms in total. The third kappa shape index (κ3) is 7.16. The van der Waals surface area contributed by atoms with Crippen LogP contribution in [-0.4, -0.2) is 30.2 Å². The van der Waals surface area contributed by atoms with E-state index < -0.39 is 5.97 Å². The molecule has 0 aromatic rings. The van der Waals surface area contributed by atoms with E-state index in [0.717, 1.165) is 25.7 Å². The van der Waals surface area contributed by atoms with Crippen molar-refractivity contribution in [1.29, 1.82) is 0 Å². The summed E-state index contributed by atoms with van der Waals surface area (Å²) in [6, 6.07) is -0.203. The van der Waals surface area contributed by atoms with Gasteiger partial charge in [-0.25, -0.2) is 4.79 Å². The van der Waals surface area contributed by atoms with Crippen molar-refractivity contribution in [3.8, 4) is 0 Å². The quantitative estimate of drug-likeness (QED) is 0.599. The zero-order chi connectivity index (χ0) is 14.8. The van der Waals surface area contributed by atoms with E-state index in [0.29, 0.717) is 13.1 Å². The predicted octanol–water partition coefficient (Wildman–Crippen LogP) is 2.68. The average Bonchev–Trinajstić information content (AvgIpc) is 2.44. The molecule has 1 aliphatic rings. The summed E-state index contributed by atoms with van der Waals surface area (Å²) in [6.07, 6.45) is 8.89. The van der Waals surface area contributed by atoms with Crippen LogP contribution in [0.4, 0.5) is 4.79 Å². The van der Waals surface area contributed by atoms with Gasteiger partial charge in [0.2, 0.25) is 0 Å². The highest BCUT2D eigenvalue weighted by molar-refractivity contribution is 5.74. The van der Waals surface area contributed by atoms with Crippen LogP contribution in [0.3, 0.4) is 0 Å². The molecule has 0 fully saturated rings. The molecule has 0 aromatic carbocycles. The lowest BCUT2D eigenvalue weighted by atomic mass is 9.97. The molecule has 5 heteroatoms. The van der Waals surface area contributed by atoms with E-state index >= 15 is 0 Å². The molecule has 0 heterocycles. The first-order valence-electron chi connectivity index (χ1n) is 7.53. The lowest BCUT2D eigenvalue weighted by Crippen LogP contribution is -2.39. The summed E-state index contributed by atoms with van der Waals surface area (Å²) < 4.78 is 0. The molecule has 0 bridgehead atoms. The van der Waals surface area contributed by atoms with Crippen molar-refractivity contribution in [3.63, 3.8) is 0 Å². The van der Waals surface area contributed by atoms with Gasteiger partial charge in [-0.05, 0) is 38.0 Å². The van der Waals surface area contributed by atoms with Gasteiger partial charge in [0.15, 0.2) is 0 Å². The van der Waals surface area contributed by atoms with Crippen molar-refractivity contribution in [2.45, 2.75) is 51.9 Å². The van der Waals surface area contributed by atoms with Crippen LogP contribution < -0.4 is 10.6 Å². The summed E-state index contributed by atoms with van der Waals surface area (Å²) in [5.41, 5.74) is 1.44. The Hall–Kier alpha value is -1.52. The Labute approximate surface area is 120 Å². The molecule has 20 heavy (non-hydrogen) atoms. The van der Waals surface area contributed by atoms with Crippen LogP contribution in [0.15, 0.2) is 11.6 Å². The fourth-order valence-electron chi connectivity index (χ4n) is 2.38. The number of carbonyl (C=O) groups is 2. The van der Waals surface area contributed by atoms with Gasteiger partial charge in [0.25, 0.3) is 0 Å². The maximum absolute atomic E-state index is 11.6. The molecule has 1 rings (SSSR count). The lowest BCUT2D eigenvalue weighted by Gasteiger charge is -2.15. The zero-order valence-electron chi connectivity index (χ0n) is 12.3. The number of aliphatic carboxylic acids is 1. The third-order valence-electron chi connectivity index (χ3n) is 3.71. The second-order valence-electron chi connectivity index (χ2n) is 5.37. The molecule has 1 atom stereocenters. The molecule has 1 unspecified atom stereocenters. The van der Waals surface area contributed by atoms with Crippen molar-refractivity contribution in [3.05, 3.63) is 11.6 Å². The number of rotatable bonds is 8. The Bertz CT molecular complexity index is 353. The Morgan fingerprint density at radius 3 is 2.75 bits per heavy atom. The van der Waals surface area contributed by atoms with Gasteiger partial charge in [0.1, 0.15) is 0 Å². The van der Waals surface area contributed by atoms with Crippen LogP contribution in [0.25, 0.3) is 0 Å². The van der Waals surface area contributed by atoms with Gasteiger partial charge in [-0.3, -0.25) is 4.79 Å². The smallest absolute Gasteiger partial charge is 0.314 e. The van der Waals surface area contributed by atoms with Gasteiger partial charge in [-0.2, -0.15) is 0 Å². The largest absolute Gasteiger partial charge is 0.481 e. The van der Waals surface area contributed by atoms with Gasteiger partial charge < -0.3 is 15.7 Å². The van der Waals surface area contributed by atoms with Crippen LogP contribution in [0.5, 0.6) is 0 Å². The highest BCUT2D eigenvalue weighted by Crippen LogP contribution is 2.19. The SMILES string of the molecule is CCC(CNC(=O)NCCC1=CCCCC1)CC(=O)O. The number of amides is 2.